The lowest BCUT2D eigenvalue weighted by atomic mass is 9.98. The fourth-order valence-electron chi connectivity index (χ4n) is 7.21. The number of rotatable bonds is 11. The Labute approximate surface area is 347 Å². The number of thiophene rings is 1. The number of hydrogen-bond acceptors (Lipinski definition) is 6. The van der Waals surface area contributed by atoms with Crippen LogP contribution in [-0.4, -0.2) is 45.5 Å². The highest BCUT2D eigenvalue weighted by atomic mass is 127. The van der Waals surface area contributed by atoms with Gasteiger partial charge in [0.2, 0.25) is 5.91 Å². The van der Waals surface area contributed by atoms with E-state index in [1.165, 1.54) is 21.9 Å². The van der Waals surface area contributed by atoms with Gasteiger partial charge in [0, 0.05) is 10.6 Å². The molecule has 2 amide bonds. The zero-order chi connectivity index (χ0) is 36.9. The normalized spacial score (nSPS) is 19.5. The van der Waals surface area contributed by atoms with Crippen molar-refractivity contribution >= 4 is 59.4 Å². The number of ether oxygens (including phenoxy) is 1. The molecule has 0 bridgehead atoms. The summed E-state index contributed by atoms with van der Waals surface area (Å²) in [7, 11) is -1.37. The summed E-state index contributed by atoms with van der Waals surface area (Å²) >= 11 is 3.06. The van der Waals surface area contributed by atoms with E-state index in [1.807, 2.05) is 96.4 Å². The van der Waals surface area contributed by atoms with Gasteiger partial charge in [0.05, 0.1) is 25.0 Å². The molecule has 276 valence electrons. The van der Waals surface area contributed by atoms with Crippen LogP contribution in [0, 0.1) is 0 Å². The molecule has 3 aliphatic rings. The lowest BCUT2D eigenvalue weighted by Gasteiger charge is -2.49. The molecule has 1 aromatic heterocycles. The molecule has 55 heavy (non-hydrogen) atoms. The minimum atomic E-state index is -1.37. The summed E-state index contributed by atoms with van der Waals surface area (Å²) in [4.78, 5) is 44.3. The van der Waals surface area contributed by atoms with Crippen LogP contribution in [0.1, 0.15) is 22.1 Å². The first-order valence-corrected chi connectivity index (χ1v) is 21.4. The summed E-state index contributed by atoms with van der Waals surface area (Å²) in [6, 6.07) is 43.6. The van der Waals surface area contributed by atoms with E-state index >= 15 is 0 Å². The SMILES string of the molecule is O=C(Cc1cccs1)N[C@@H]1C(=O)N2C(C(=O)OC(c3ccccc3)c3ccccc3)=C(C=C3C=CC=CC3[PH+](c3ccccc3)c3ccccc3)CS[C@H]12.[I-]. The van der Waals surface area contributed by atoms with Crippen molar-refractivity contribution < 1.29 is 43.1 Å². The molecule has 6 nitrogen and oxygen atoms in total. The first kappa shape index (κ1) is 38.7. The van der Waals surface area contributed by atoms with Gasteiger partial charge in [-0.05, 0) is 70.1 Å². The van der Waals surface area contributed by atoms with E-state index < -0.39 is 31.4 Å². The molecule has 8 rings (SSSR count). The Balaban J connectivity index is 0.00000465. The van der Waals surface area contributed by atoms with Gasteiger partial charge in [-0.25, -0.2) is 4.79 Å². The van der Waals surface area contributed by atoms with Gasteiger partial charge >= 0.3 is 5.97 Å². The van der Waals surface area contributed by atoms with E-state index in [1.54, 1.807) is 16.7 Å². The van der Waals surface area contributed by atoms with Crippen LogP contribution < -0.4 is 39.9 Å². The number of fused-ring (bicyclic) bond motifs is 1. The third-order valence-corrected chi connectivity index (χ3v) is 15.0. The van der Waals surface area contributed by atoms with E-state index in [-0.39, 0.29) is 53.6 Å². The topological polar surface area (TPSA) is 75.7 Å². The Morgan fingerprint density at radius 1 is 0.818 bits per heavy atom. The predicted molar refractivity (Wildman–Crippen MR) is 222 cm³/mol. The van der Waals surface area contributed by atoms with E-state index in [4.69, 9.17) is 4.74 Å². The number of nitrogens with zero attached hydrogens (tertiary/aromatic N) is 1. The molecule has 0 saturated carbocycles. The average molecular weight is 893 g/mol. The van der Waals surface area contributed by atoms with Gasteiger partial charge in [-0.2, -0.15) is 0 Å². The van der Waals surface area contributed by atoms with E-state index in [2.05, 4.69) is 78.2 Å². The van der Waals surface area contributed by atoms with Gasteiger partial charge in [-0.1, -0.05) is 121 Å². The van der Waals surface area contributed by atoms with Crippen LogP contribution in [0.15, 0.2) is 186 Å². The van der Waals surface area contributed by atoms with Crippen molar-refractivity contribution in [2.24, 2.45) is 0 Å². The van der Waals surface area contributed by atoms with E-state index in [0.29, 0.717) is 5.75 Å². The number of halogens is 1. The zero-order valence-corrected chi connectivity index (χ0v) is 34.5. The highest BCUT2D eigenvalue weighted by Crippen LogP contribution is 2.47. The second-order valence-electron chi connectivity index (χ2n) is 13.2. The first-order chi connectivity index (χ1) is 26.5. The average Bonchev–Trinajstić information content (AvgIpc) is 3.74. The molecule has 1 N–H and O–H groups in total. The summed E-state index contributed by atoms with van der Waals surface area (Å²) in [6.45, 7) is 0. The molecule has 1 saturated heterocycles. The number of carbonyl (C=O) groups excluding carboxylic acids is 3. The van der Waals surface area contributed by atoms with Crippen LogP contribution in [0.5, 0.6) is 0 Å². The minimum absolute atomic E-state index is 0. The van der Waals surface area contributed by atoms with Crippen molar-refractivity contribution in [2.45, 2.75) is 29.6 Å². The van der Waals surface area contributed by atoms with Crippen molar-refractivity contribution in [3.63, 3.8) is 0 Å². The van der Waals surface area contributed by atoms with Crippen molar-refractivity contribution in [3.05, 3.63) is 202 Å². The third-order valence-electron chi connectivity index (χ3n) is 9.74. The number of hydrogen-bond donors (Lipinski definition) is 1. The molecule has 1 aliphatic carbocycles. The maximum atomic E-state index is 14.7. The smallest absolute Gasteiger partial charge is 0.356 e. The lowest BCUT2D eigenvalue weighted by Crippen LogP contribution is -3.00. The minimum Gasteiger partial charge on any atom is -1.00 e. The number of esters is 1. The summed E-state index contributed by atoms with van der Waals surface area (Å²) in [6.07, 6.45) is 10.1. The van der Waals surface area contributed by atoms with Crippen molar-refractivity contribution in [1.29, 1.82) is 0 Å². The zero-order valence-electron chi connectivity index (χ0n) is 29.7. The second kappa shape index (κ2) is 17.9. The Bertz CT molecular complexity index is 2170. The van der Waals surface area contributed by atoms with Crippen molar-refractivity contribution in [1.82, 2.24) is 10.2 Å². The van der Waals surface area contributed by atoms with Gasteiger partial charge in [0.1, 0.15) is 22.8 Å². The van der Waals surface area contributed by atoms with Gasteiger partial charge in [0.15, 0.2) is 6.10 Å². The summed E-state index contributed by atoms with van der Waals surface area (Å²) in [5, 5.41) is 7.01. The number of benzene rings is 4. The molecule has 3 atom stereocenters. The Hall–Kier alpha value is -4.54. The number of amides is 2. The Kier molecular flexibility index (Phi) is 12.6. The highest BCUT2D eigenvalue weighted by Gasteiger charge is 2.54. The second-order valence-corrected chi connectivity index (χ2v) is 17.9. The number of nitrogens with one attached hydrogen (secondary N) is 1. The van der Waals surface area contributed by atoms with Crippen molar-refractivity contribution in [2.75, 3.05) is 5.75 Å². The van der Waals surface area contributed by atoms with Gasteiger partial charge in [-0.3, -0.25) is 14.5 Å². The summed E-state index contributed by atoms with van der Waals surface area (Å²) in [5.41, 5.74) is 3.72. The van der Waals surface area contributed by atoms with Crippen molar-refractivity contribution in [3.8, 4) is 0 Å². The predicted octanol–water partition coefficient (Wildman–Crippen LogP) is 4.57. The van der Waals surface area contributed by atoms with Crippen LogP contribution in [0.3, 0.4) is 0 Å². The van der Waals surface area contributed by atoms with E-state index in [0.717, 1.165) is 27.2 Å². The third kappa shape index (κ3) is 8.50. The highest BCUT2D eigenvalue weighted by molar-refractivity contribution is 8.00. The number of carbonyl (C=O) groups is 3. The fraction of sp³-hybridized carbons (Fsp3) is 0.133. The molecule has 1 fully saturated rings. The number of β-lactam (4-membered cyclic amide) rings is 1. The maximum absolute atomic E-state index is 14.7. The van der Waals surface area contributed by atoms with Crippen LogP contribution >= 0.6 is 31.0 Å². The number of allylic oxidation sites excluding steroid dienone is 6. The molecule has 1 unspecified atom stereocenters. The summed E-state index contributed by atoms with van der Waals surface area (Å²) in [5.74, 6) is -0.655. The molecule has 0 spiro atoms. The van der Waals surface area contributed by atoms with Gasteiger partial charge in [-0.15, -0.1) is 23.1 Å². The molecule has 3 heterocycles. The van der Waals surface area contributed by atoms with Crippen LogP contribution in [0.2, 0.25) is 0 Å². The quantitative estimate of drug-likeness (QED) is 0.0912. The number of thioether (sulfide) groups is 1. The molecule has 2 aliphatic heterocycles. The van der Waals surface area contributed by atoms with E-state index in [9.17, 15) is 14.4 Å². The molecule has 10 heteroatoms. The Morgan fingerprint density at radius 2 is 1.42 bits per heavy atom. The van der Waals surface area contributed by atoms with Crippen LogP contribution in [-0.2, 0) is 25.5 Å². The molecule has 5 aromatic rings. The van der Waals surface area contributed by atoms with Crippen LogP contribution in [0.4, 0.5) is 0 Å². The molecular formula is C45H38IN2O4PS2. The molecular weight excluding hydrogens is 855 g/mol. The Morgan fingerprint density at radius 3 is 2.00 bits per heavy atom. The standard InChI is InChI=1S/C45H37N2O4PS2.HI/c48-39(29-37-25-15-27-53-37)46-40-43(49)47-41(45(50)51-42(31-16-5-1-6-17-31)32-18-7-2-8-19-32)34(30-54-44(40)47)28-33-20-13-14-26-38(33)52(35-21-9-3-10-22-35)36-23-11-4-12-24-36;/h1-28,38,40,42,44H,29-30H2,(H,46,48);1H/t38?,40-,44-;/m1./s1. The lowest BCUT2D eigenvalue weighted by molar-refractivity contribution is -0.154. The fourth-order valence-corrected chi connectivity index (χ4v) is 12.2. The summed E-state index contributed by atoms with van der Waals surface area (Å²) < 4.78 is 6.44. The maximum Gasteiger partial charge on any atom is 0.356 e. The molecule has 4 aromatic carbocycles. The van der Waals surface area contributed by atoms with Crippen LogP contribution in [0.25, 0.3) is 0 Å². The van der Waals surface area contributed by atoms with Gasteiger partial charge in [0.25, 0.3) is 5.91 Å². The molecule has 0 radical (unpaired) electrons. The monoisotopic (exact) mass is 892 g/mol. The van der Waals surface area contributed by atoms with Gasteiger partial charge < -0.3 is 34.0 Å². The largest absolute Gasteiger partial charge is 1.00 e. The first-order valence-electron chi connectivity index (χ1n) is 17.9.